The molecule has 5 heteroatoms. The molecular weight excluding hydrogens is 318 g/mol. The molecule has 1 fully saturated rings. The van der Waals surface area contributed by atoms with Crippen LogP contribution in [0.5, 0.6) is 0 Å². The maximum absolute atomic E-state index is 5.62. The fraction of sp³-hybridized carbons (Fsp3) is 0.733. The molecule has 1 aliphatic rings. The van der Waals surface area contributed by atoms with Gasteiger partial charge >= 0.3 is 0 Å². The third-order valence-electron chi connectivity index (χ3n) is 3.52. The summed E-state index contributed by atoms with van der Waals surface area (Å²) in [4.78, 5) is 9.43. The van der Waals surface area contributed by atoms with Crippen molar-refractivity contribution in [3.05, 3.63) is 16.0 Å². The van der Waals surface area contributed by atoms with Gasteiger partial charge in [0, 0.05) is 13.7 Å². The van der Waals surface area contributed by atoms with Gasteiger partial charge in [-0.1, -0.05) is 20.3 Å². The van der Waals surface area contributed by atoms with Crippen LogP contribution < -0.4 is 5.32 Å². The topological polar surface area (TPSA) is 47.0 Å². The van der Waals surface area contributed by atoms with Crippen LogP contribution in [0.4, 0.5) is 5.82 Å². The van der Waals surface area contributed by atoms with Gasteiger partial charge in [-0.2, -0.15) is 0 Å². The summed E-state index contributed by atoms with van der Waals surface area (Å²) in [6, 6.07) is 0. The number of halogens is 1. The van der Waals surface area contributed by atoms with Crippen LogP contribution in [0.25, 0.3) is 0 Å². The number of hydrogen-bond donors (Lipinski definition) is 1. The van der Waals surface area contributed by atoms with Crippen molar-refractivity contribution in [2.75, 3.05) is 19.0 Å². The number of aromatic nitrogens is 2. The SMILES string of the molecule is CCCNc1nc(C(OC)C2CC2)nc(CCC)c1Br. The van der Waals surface area contributed by atoms with E-state index in [1.165, 1.54) is 12.8 Å². The van der Waals surface area contributed by atoms with Crippen LogP contribution in [0.2, 0.25) is 0 Å². The lowest BCUT2D eigenvalue weighted by Gasteiger charge is -2.17. The molecule has 1 atom stereocenters. The van der Waals surface area contributed by atoms with E-state index in [9.17, 15) is 0 Å². The molecule has 0 radical (unpaired) electrons. The number of methoxy groups -OCH3 is 1. The highest BCUT2D eigenvalue weighted by atomic mass is 79.9. The molecule has 112 valence electrons. The molecule has 1 saturated carbocycles. The number of anilines is 1. The van der Waals surface area contributed by atoms with Gasteiger partial charge in [-0.25, -0.2) is 9.97 Å². The standard InChI is InChI=1S/C15H24BrN3O/c1-4-6-11-12(16)14(17-9-5-2)19-15(18-11)13(20-3)10-7-8-10/h10,13H,4-9H2,1-3H3,(H,17,18,19). The Kier molecular flexibility index (Phi) is 5.78. The van der Waals surface area contributed by atoms with Gasteiger partial charge in [0.2, 0.25) is 0 Å². The largest absolute Gasteiger partial charge is 0.373 e. The van der Waals surface area contributed by atoms with Crippen molar-refractivity contribution in [2.45, 2.75) is 52.1 Å². The Balaban J connectivity index is 2.32. The Hall–Kier alpha value is -0.680. The molecule has 0 aromatic carbocycles. The van der Waals surface area contributed by atoms with E-state index in [1.54, 1.807) is 7.11 Å². The molecule has 0 spiro atoms. The van der Waals surface area contributed by atoms with Crippen LogP contribution in [0.15, 0.2) is 4.47 Å². The first kappa shape index (κ1) is 15.7. The smallest absolute Gasteiger partial charge is 0.160 e. The Morgan fingerprint density at radius 1 is 1.30 bits per heavy atom. The van der Waals surface area contributed by atoms with Crippen molar-refractivity contribution in [1.29, 1.82) is 0 Å². The molecule has 0 amide bonds. The summed E-state index contributed by atoms with van der Waals surface area (Å²) in [5, 5.41) is 3.39. The second-order valence-corrected chi connectivity index (χ2v) is 6.15. The van der Waals surface area contributed by atoms with Crippen LogP contribution >= 0.6 is 15.9 Å². The zero-order valence-corrected chi connectivity index (χ0v) is 14.2. The van der Waals surface area contributed by atoms with Gasteiger partial charge in [-0.15, -0.1) is 0 Å². The maximum Gasteiger partial charge on any atom is 0.160 e. The molecular formula is C15H24BrN3O. The van der Waals surface area contributed by atoms with Crippen LogP contribution in [0.3, 0.4) is 0 Å². The minimum Gasteiger partial charge on any atom is -0.373 e. The van der Waals surface area contributed by atoms with Crippen molar-refractivity contribution in [1.82, 2.24) is 9.97 Å². The number of rotatable bonds is 8. The highest BCUT2D eigenvalue weighted by Crippen LogP contribution is 2.42. The Morgan fingerprint density at radius 3 is 2.60 bits per heavy atom. The first-order chi connectivity index (χ1) is 9.71. The second kappa shape index (κ2) is 7.36. The van der Waals surface area contributed by atoms with E-state index in [1.807, 2.05) is 0 Å². The predicted octanol–water partition coefficient (Wildman–Crippen LogP) is 4.11. The van der Waals surface area contributed by atoms with Gasteiger partial charge in [0.25, 0.3) is 0 Å². The van der Waals surface area contributed by atoms with E-state index in [0.29, 0.717) is 5.92 Å². The normalized spacial score (nSPS) is 16.2. The lowest BCUT2D eigenvalue weighted by molar-refractivity contribution is 0.0771. The van der Waals surface area contributed by atoms with Gasteiger partial charge in [0.15, 0.2) is 5.82 Å². The molecule has 2 rings (SSSR count). The fourth-order valence-corrected chi connectivity index (χ4v) is 2.83. The fourth-order valence-electron chi connectivity index (χ4n) is 2.31. The number of nitrogens with one attached hydrogen (secondary N) is 1. The van der Waals surface area contributed by atoms with Gasteiger partial charge in [-0.3, -0.25) is 0 Å². The van der Waals surface area contributed by atoms with Crippen molar-refractivity contribution >= 4 is 21.7 Å². The monoisotopic (exact) mass is 341 g/mol. The minimum absolute atomic E-state index is 0.0425. The van der Waals surface area contributed by atoms with Gasteiger partial charge in [-0.05, 0) is 47.5 Å². The highest BCUT2D eigenvalue weighted by Gasteiger charge is 2.35. The van der Waals surface area contributed by atoms with Gasteiger partial charge in [0.1, 0.15) is 11.9 Å². The van der Waals surface area contributed by atoms with E-state index in [0.717, 1.165) is 47.6 Å². The lowest BCUT2D eigenvalue weighted by atomic mass is 10.2. The van der Waals surface area contributed by atoms with Crippen LogP contribution in [0, 0.1) is 5.92 Å². The predicted molar refractivity (Wildman–Crippen MR) is 85.0 cm³/mol. The summed E-state index contributed by atoms with van der Waals surface area (Å²) in [6.07, 6.45) is 5.59. The highest BCUT2D eigenvalue weighted by molar-refractivity contribution is 9.10. The first-order valence-corrected chi connectivity index (χ1v) is 8.33. The van der Waals surface area contributed by atoms with Crippen molar-refractivity contribution in [3.8, 4) is 0 Å². The lowest BCUT2D eigenvalue weighted by Crippen LogP contribution is -2.14. The molecule has 1 aromatic rings. The van der Waals surface area contributed by atoms with Crippen molar-refractivity contribution < 1.29 is 4.74 Å². The average Bonchev–Trinajstić information content (AvgIpc) is 3.26. The van der Waals surface area contributed by atoms with Crippen LogP contribution in [0.1, 0.15) is 57.2 Å². The first-order valence-electron chi connectivity index (χ1n) is 7.54. The number of nitrogens with zero attached hydrogens (tertiary/aromatic N) is 2. The third kappa shape index (κ3) is 3.70. The third-order valence-corrected chi connectivity index (χ3v) is 4.36. The average molecular weight is 342 g/mol. The Labute approximate surface area is 129 Å². The summed E-state index contributed by atoms with van der Waals surface area (Å²) >= 11 is 3.64. The van der Waals surface area contributed by atoms with Gasteiger partial charge < -0.3 is 10.1 Å². The summed E-state index contributed by atoms with van der Waals surface area (Å²) in [5.41, 5.74) is 1.08. The van der Waals surface area contributed by atoms with E-state index in [2.05, 4.69) is 35.1 Å². The molecule has 0 saturated heterocycles. The zero-order chi connectivity index (χ0) is 14.5. The molecule has 1 unspecified atom stereocenters. The molecule has 4 nitrogen and oxygen atoms in total. The molecule has 0 aliphatic heterocycles. The molecule has 1 aromatic heterocycles. The molecule has 1 N–H and O–H groups in total. The van der Waals surface area contributed by atoms with Crippen LogP contribution in [-0.2, 0) is 11.2 Å². The summed E-state index contributed by atoms with van der Waals surface area (Å²) in [6.45, 7) is 5.24. The summed E-state index contributed by atoms with van der Waals surface area (Å²) in [5.74, 6) is 2.33. The second-order valence-electron chi connectivity index (χ2n) is 5.36. The Morgan fingerprint density at radius 2 is 2.05 bits per heavy atom. The quantitative estimate of drug-likeness (QED) is 0.772. The summed E-state index contributed by atoms with van der Waals surface area (Å²) < 4.78 is 6.63. The number of ether oxygens (including phenoxy) is 1. The van der Waals surface area contributed by atoms with E-state index >= 15 is 0 Å². The van der Waals surface area contributed by atoms with Crippen molar-refractivity contribution in [2.24, 2.45) is 5.92 Å². The number of aryl methyl sites for hydroxylation is 1. The summed E-state index contributed by atoms with van der Waals surface area (Å²) in [7, 11) is 1.76. The molecule has 0 bridgehead atoms. The Bertz CT molecular complexity index is 449. The zero-order valence-electron chi connectivity index (χ0n) is 12.6. The van der Waals surface area contributed by atoms with Gasteiger partial charge in [0.05, 0.1) is 10.2 Å². The minimum atomic E-state index is 0.0425. The van der Waals surface area contributed by atoms with Crippen LogP contribution in [-0.4, -0.2) is 23.6 Å². The number of hydrogen-bond acceptors (Lipinski definition) is 4. The maximum atomic E-state index is 5.62. The van der Waals surface area contributed by atoms with E-state index < -0.39 is 0 Å². The van der Waals surface area contributed by atoms with E-state index in [4.69, 9.17) is 14.7 Å². The van der Waals surface area contributed by atoms with Crippen molar-refractivity contribution in [3.63, 3.8) is 0 Å². The molecule has 1 aliphatic carbocycles. The van der Waals surface area contributed by atoms with E-state index in [-0.39, 0.29) is 6.10 Å². The molecule has 20 heavy (non-hydrogen) atoms. The molecule has 1 heterocycles.